The third-order valence-corrected chi connectivity index (χ3v) is 5.46. The van der Waals surface area contributed by atoms with E-state index in [0.29, 0.717) is 12.2 Å². The molecule has 0 spiro atoms. The van der Waals surface area contributed by atoms with Crippen molar-refractivity contribution in [1.29, 1.82) is 0 Å². The van der Waals surface area contributed by atoms with E-state index >= 15 is 0 Å². The van der Waals surface area contributed by atoms with Gasteiger partial charge in [0, 0.05) is 30.5 Å². The molecule has 1 atom stereocenters. The number of ether oxygens (including phenoxy) is 3. The number of benzene rings is 2. The molecular weight excluding hydrogens is 368 g/mol. The molecule has 2 aromatic carbocycles. The largest absolute Gasteiger partial charge is 0.496 e. The molecule has 152 valence electrons. The van der Waals surface area contributed by atoms with Crippen LogP contribution < -0.4 is 15.1 Å². The Balaban J connectivity index is 1.43. The van der Waals surface area contributed by atoms with Crippen molar-refractivity contribution in [2.24, 2.45) is 0 Å². The van der Waals surface area contributed by atoms with Crippen molar-refractivity contribution in [2.45, 2.75) is 44.8 Å². The lowest BCUT2D eigenvalue weighted by Crippen LogP contribution is -2.48. The topological polar surface area (TPSA) is 57.9 Å². The molecule has 0 fully saturated rings. The lowest BCUT2D eigenvalue weighted by molar-refractivity contribution is -0.0839. The van der Waals surface area contributed by atoms with Gasteiger partial charge in [0.1, 0.15) is 28.8 Å². The Labute approximate surface area is 170 Å². The van der Waals surface area contributed by atoms with Crippen LogP contribution in [0.15, 0.2) is 57.7 Å². The molecule has 1 aliphatic rings. The van der Waals surface area contributed by atoms with Crippen LogP contribution in [-0.4, -0.2) is 25.4 Å². The van der Waals surface area contributed by atoms with E-state index in [1.54, 1.807) is 13.2 Å². The Kier molecular flexibility index (Phi) is 5.33. The molecule has 3 aromatic rings. The van der Waals surface area contributed by atoms with Gasteiger partial charge in [-0.3, -0.25) is 0 Å². The first-order valence-electron chi connectivity index (χ1n) is 9.95. The first kappa shape index (κ1) is 19.5. The molecule has 4 rings (SSSR count). The lowest BCUT2D eigenvalue weighted by Gasteiger charge is -2.39. The summed E-state index contributed by atoms with van der Waals surface area (Å²) in [6, 6.07) is 15.1. The summed E-state index contributed by atoms with van der Waals surface area (Å²) in [7, 11) is 1.70. The number of hydrogen-bond acceptors (Lipinski definition) is 5. The van der Waals surface area contributed by atoms with E-state index in [1.165, 1.54) is 11.6 Å². The molecule has 5 heteroatoms. The van der Waals surface area contributed by atoms with Crippen LogP contribution in [0.2, 0.25) is 0 Å². The van der Waals surface area contributed by atoms with E-state index in [-0.39, 0.29) is 11.7 Å². The summed E-state index contributed by atoms with van der Waals surface area (Å²) in [4.78, 5) is 11.5. The van der Waals surface area contributed by atoms with Crippen LogP contribution in [0.5, 0.6) is 11.5 Å². The van der Waals surface area contributed by atoms with Gasteiger partial charge in [0.15, 0.2) is 0 Å². The fourth-order valence-corrected chi connectivity index (χ4v) is 3.85. The number of para-hydroxylation sites is 1. The number of hydrogen-bond donors (Lipinski definition) is 0. The van der Waals surface area contributed by atoms with Gasteiger partial charge in [0.05, 0.1) is 7.11 Å². The highest BCUT2D eigenvalue weighted by atomic mass is 16.6. The van der Waals surface area contributed by atoms with Crippen molar-refractivity contribution >= 4 is 11.0 Å². The second kappa shape index (κ2) is 7.91. The molecule has 5 nitrogen and oxygen atoms in total. The first-order valence-corrected chi connectivity index (χ1v) is 9.95. The third kappa shape index (κ3) is 4.15. The molecule has 1 aromatic heterocycles. The Morgan fingerprint density at radius 1 is 1.14 bits per heavy atom. The van der Waals surface area contributed by atoms with Crippen LogP contribution in [0.25, 0.3) is 11.0 Å². The summed E-state index contributed by atoms with van der Waals surface area (Å²) in [6.45, 7) is 4.71. The number of aryl methyl sites for hydroxylation is 1. The van der Waals surface area contributed by atoms with Gasteiger partial charge in [0.25, 0.3) is 0 Å². The highest BCUT2D eigenvalue weighted by Gasteiger charge is 2.38. The highest BCUT2D eigenvalue weighted by Crippen LogP contribution is 2.37. The molecule has 0 saturated heterocycles. The average molecular weight is 394 g/mol. The molecule has 0 aliphatic carbocycles. The minimum Gasteiger partial charge on any atom is -0.496 e. The predicted molar refractivity (Wildman–Crippen MR) is 112 cm³/mol. The van der Waals surface area contributed by atoms with Crippen molar-refractivity contribution < 1.29 is 18.6 Å². The number of rotatable bonds is 6. The fraction of sp³-hybridized carbons (Fsp3) is 0.375. The zero-order valence-electron chi connectivity index (χ0n) is 17.1. The van der Waals surface area contributed by atoms with E-state index in [0.717, 1.165) is 41.7 Å². The zero-order chi connectivity index (χ0) is 20.4. The van der Waals surface area contributed by atoms with Crippen LogP contribution in [0.1, 0.15) is 31.4 Å². The van der Waals surface area contributed by atoms with Crippen LogP contribution in [-0.2, 0) is 17.6 Å². The van der Waals surface area contributed by atoms with Crippen molar-refractivity contribution in [3.05, 3.63) is 70.1 Å². The second-order valence-corrected chi connectivity index (χ2v) is 7.94. The molecule has 29 heavy (non-hydrogen) atoms. The molecule has 1 aliphatic heterocycles. The first-order chi connectivity index (χ1) is 14.0. The van der Waals surface area contributed by atoms with Crippen LogP contribution >= 0.6 is 0 Å². The zero-order valence-corrected chi connectivity index (χ0v) is 17.1. The fourth-order valence-electron chi connectivity index (χ4n) is 3.85. The molecule has 0 amide bonds. The maximum absolute atomic E-state index is 11.5. The Hall–Kier alpha value is -2.79. The van der Waals surface area contributed by atoms with Gasteiger partial charge in [0.2, 0.25) is 0 Å². The van der Waals surface area contributed by atoms with Crippen LogP contribution in [0.3, 0.4) is 0 Å². The third-order valence-electron chi connectivity index (χ3n) is 5.46. The second-order valence-electron chi connectivity index (χ2n) is 7.94. The van der Waals surface area contributed by atoms with Gasteiger partial charge in [-0.1, -0.05) is 18.2 Å². The van der Waals surface area contributed by atoms with Crippen molar-refractivity contribution in [1.82, 2.24) is 0 Å². The van der Waals surface area contributed by atoms with Gasteiger partial charge in [-0.05, 0) is 56.0 Å². The van der Waals surface area contributed by atoms with Crippen LogP contribution in [0, 0.1) is 0 Å². The Bertz CT molecular complexity index is 1070. The van der Waals surface area contributed by atoms with Gasteiger partial charge < -0.3 is 18.6 Å². The molecule has 0 N–H and O–H groups in total. The molecule has 0 saturated carbocycles. The quantitative estimate of drug-likeness (QED) is 0.454. The van der Waals surface area contributed by atoms with E-state index < -0.39 is 5.60 Å². The van der Waals surface area contributed by atoms with Crippen molar-refractivity contribution in [3.63, 3.8) is 0 Å². The van der Waals surface area contributed by atoms with Crippen molar-refractivity contribution in [2.75, 3.05) is 13.7 Å². The minimum absolute atomic E-state index is 0.0548. The number of methoxy groups -OCH3 is 1. The smallest absolute Gasteiger partial charge is 0.336 e. The Morgan fingerprint density at radius 3 is 2.79 bits per heavy atom. The molecular formula is C24H26O5. The van der Waals surface area contributed by atoms with Gasteiger partial charge in [-0.25, -0.2) is 4.79 Å². The standard InChI is InChI=1S/C24H26O5/c1-24(2)22(27-12-6-8-16-7-4-5-9-19(16)26-3)14-18-13-17-10-11-23(25)28-20(17)15-21(18)29-24/h4-5,7,9-11,13,15,22H,6,8,12,14H2,1-3H3. The van der Waals surface area contributed by atoms with Crippen LogP contribution in [0.4, 0.5) is 0 Å². The lowest BCUT2D eigenvalue weighted by atomic mass is 9.90. The van der Waals surface area contributed by atoms with E-state index in [2.05, 4.69) is 6.07 Å². The van der Waals surface area contributed by atoms with E-state index in [9.17, 15) is 4.79 Å². The molecule has 0 bridgehead atoms. The monoisotopic (exact) mass is 394 g/mol. The predicted octanol–water partition coefficient (Wildman–Crippen LogP) is 4.53. The Morgan fingerprint density at radius 2 is 1.97 bits per heavy atom. The van der Waals surface area contributed by atoms with Crippen molar-refractivity contribution in [3.8, 4) is 11.5 Å². The maximum Gasteiger partial charge on any atom is 0.336 e. The minimum atomic E-state index is -0.472. The molecule has 1 unspecified atom stereocenters. The molecule has 2 heterocycles. The van der Waals surface area contributed by atoms with Gasteiger partial charge in [-0.2, -0.15) is 0 Å². The summed E-state index contributed by atoms with van der Waals surface area (Å²) in [6.07, 6.45) is 2.51. The summed E-state index contributed by atoms with van der Waals surface area (Å²) in [5.41, 5.74) is 1.98. The van der Waals surface area contributed by atoms with Gasteiger partial charge >= 0.3 is 5.63 Å². The summed E-state index contributed by atoms with van der Waals surface area (Å²) >= 11 is 0. The average Bonchev–Trinajstić information content (AvgIpc) is 2.70. The van der Waals surface area contributed by atoms with E-state index in [4.69, 9.17) is 18.6 Å². The van der Waals surface area contributed by atoms with E-state index in [1.807, 2.05) is 44.2 Å². The van der Waals surface area contributed by atoms with Gasteiger partial charge in [-0.15, -0.1) is 0 Å². The maximum atomic E-state index is 11.5. The molecule has 0 radical (unpaired) electrons. The summed E-state index contributed by atoms with van der Waals surface area (Å²) in [5.74, 6) is 1.67. The normalized spacial score (nSPS) is 17.6. The summed E-state index contributed by atoms with van der Waals surface area (Å²) in [5, 5.41) is 0.890. The SMILES string of the molecule is COc1ccccc1CCCOC1Cc2cc3ccc(=O)oc3cc2OC1(C)C. The highest BCUT2D eigenvalue weighted by molar-refractivity contribution is 5.79. The number of fused-ring (bicyclic) bond motifs is 2. The summed E-state index contributed by atoms with van der Waals surface area (Å²) < 4.78 is 23.2.